The van der Waals surface area contributed by atoms with Crippen LogP contribution < -0.4 is 4.90 Å². The van der Waals surface area contributed by atoms with Crippen molar-refractivity contribution in [2.24, 2.45) is 0 Å². The number of hydrogen-bond donors (Lipinski definition) is 0. The van der Waals surface area contributed by atoms with Crippen molar-refractivity contribution >= 4 is 48.6 Å². The van der Waals surface area contributed by atoms with E-state index in [0.29, 0.717) is 0 Å². The minimum Gasteiger partial charge on any atom is -0.310 e. The van der Waals surface area contributed by atoms with Crippen LogP contribution in [-0.2, 0) is 16.2 Å². The molecule has 8 aromatic rings. The van der Waals surface area contributed by atoms with Gasteiger partial charge in [0.1, 0.15) is 0 Å². The van der Waals surface area contributed by atoms with Gasteiger partial charge < -0.3 is 4.90 Å². The standard InChI is InChI=1S/C53H47NS/c1-32-15-13-18-42-43-20-14-19-41(50(43)55-49(32)42)40-17-10-12-22-48(40)54(34-24-27-38-36-16-9-11-21-44(36)52(5,6)46(38)30-34)35-25-28-39-37-26-23-33(51(2,3)4)29-45(37)53(7,8)47(39)31-35/h9-31H,1-8H3. The second kappa shape index (κ2) is 11.8. The van der Waals surface area contributed by atoms with E-state index in [2.05, 4.69) is 200 Å². The van der Waals surface area contributed by atoms with Gasteiger partial charge in [-0.3, -0.25) is 0 Å². The molecule has 0 aliphatic heterocycles. The van der Waals surface area contributed by atoms with Crippen molar-refractivity contribution < 1.29 is 0 Å². The summed E-state index contributed by atoms with van der Waals surface area (Å²) in [5.74, 6) is 0. The molecule has 0 unspecified atom stereocenters. The SMILES string of the molecule is Cc1cccc2c1sc1c(-c3ccccc3N(c3ccc4c(c3)C(C)(C)c3ccccc3-4)c3ccc4c(c3)C(C)(C)c3cc(C(C)(C)C)ccc3-4)cccc12. The second-order valence-electron chi connectivity index (χ2n) is 17.9. The van der Waals surface area contributed by atoms with Crippen LogP contribution in [0.5, 0.6) is 0 Å². The molecule has 0 spiro atoms. The highest BCUT2D eigenvalue weighted by Gasteiger charge is 2.38. The summed E-state index contributed by atoms with van der Waals surface area (Å²) in [6.07, 6.45) is 0. The largest absolute Gasteiger partial charge is 0.310 e. The third-order valence-electron chi connectivity index (χ3n) is 12.8. The van der Waals surface area contributed by atoms with E-state index in [1.165, 1.54) is 104 Å². The monoisotopic (exact) mass is 729 g/mol. The quantitative estimate of drug-likeness (QED) is 0.174. The van der Waals surface area contributed by atoms with Gasteiger partial charge >= 0.3 is 0 Å². The third-order valence-corrected chi connectivity index (χ3v) is 14.2. The molecule has 2 aliphatic rings. The van der Waals surface area contributed by atoms with E-state index in [9.17, 15) is 0 Å². The molecule has 2 heteroatoms. The van der Waals surface area contributed by atoms with Gasteiger partial charge in [-0.05, 0) is 98.3 Å². The van der Waals surface area contributed by atoms with E-state index in [-0.39, 0.29) is 16.2 Å². The predicted molar refractivity (Wildman–Crippen MR) is 238 cm³/mol. The van der Waals surface area contributed by atoms with Gasteiger partial charge in [0.15, 0.2) is 0 Å². The van der Waals surface area contributed by atoms with E-state index in [0.717, 1.165) is 0 Å². The van der Waals surface area contributed by atoms with Crippen LogP contribution in [0.4, 0.5) is 17.1 Å². The number of benzene rings is 7. The van der Waals surface area contributed by atoms with Gasteiger partial charge in [-0.1, -0.05) is 158 Å². The van der Waals surface area contributed by atoms with Crippen molar-refractivity contribution in [2.45, 2.75) is 71.6 Å². The minimum absolute atomic E-state index is 0.0858. The van der Waals surface area contributed by atoms with Gasteiger partial charge in [0.2, 0.25) is 0 Å². The van der Waals surface area contributed by atoms with Crippen LogP contribution >= 0.6 is 11.3 Å². The molecular weight excluding hydrogens is 683 g/mol. The lowest BCUT2D eigenvalue weighted by molar-refractivity contribution is 0.584. The zero-order valence-electron chi connectivity index (χ0n) is 33.1. The third kappa shape index (κ3) is 4.97. The van der Waals surface area contributed by atoms with Gasteiger partial charge in [-0.25, -0.2) is 0 Å². The molecule has 1 nitrogen and oxygen atoms in total. The molecule has 0 amide bonds. The van der Waals surface area contributed by atoms with E-state index >= 15 is 0 Å². The summed E-state index contributed by atoms with van der Waals surface area (Å²) >= 11 is 1.92. The highest BCUT2D eigenvalue weighted by molar-refractivity contribution is 7.26. The first kappa shape index (κ1) is 34.1. The van der Waals surface area contributed by atoms with Crippen LogP contribution in [0.15, 0.2) is 140 Å². The Hall–Kier alpha value is -5.44. The van der Waals surface area contributed by atoms with E-state index in [4.69, 9.17) is 0 Å². The van der Waals surface area contributed by atoms with Gasteiger partial charge in [0.05, 0.1) is 5.69 Å². The maximum Gasteiger partial charge on any atom is 0.0540 e. The first-order chi connectivity index (χ1) is 26.3. The van der Waals surface area contributed by atoms with Crippen molar-refractivity contribution in [3.8, 4) is 33.4 Å². The summed E-state index contributed by atoms with van der Waals surface area (Å²) in [5, 5.41) is 2.66. The van der Waals surface area contributed by atoms with Crippen molar-refractivity contribution in [1.29, 1.82) is 0 Å². The topological polar surface area (TPSA) is 3.24 Å². The Morgan fingerprint density at radius 1 is 0.455 bits per heavy atom. The number of thiophene rings is 1. The fraction of sp³-hybridized carbons (Fsp3) is 0.208. The summed E-state index contributed by atoms with van der Waals surface area (Å²) in [7, 11) is 0. The maximum absolute atomic E-state index is 2.53. The Bertz CT molecular complexity index is 2870. The lowest BCUT2D eigenvalue weighted by atomic mass is 9.79. The summed E-state index contributed by atoms with van der Waals surface area (Å²) in [5.41, 5.74) is 19.5. The number of hydrogen-bond acceptors (Lipinski definition) is 2. The average Bonchev–Trinajstić information content (AvgIpc) is 3.75. The number of anilines is 3. The van der Waals surface area contributed by atoms with Crippen LogP contribution in [0.2, 0.25) is 0 Å². The molecule has 0 saturated carbocycles. The molecule has 10 rings (SSSR count). The molecule has 0 atom stereocenters. The highest BCUT2D eigenvalue weighted by Crippen LogP contribution is 2.55. The fourth-order valence-corrected chi connectivity index (χ4v) is 11.0. The van der Waals surface area contributed by atoms with Gasteiger partial charge in [-0.2, -0.15) is 0 Å². The Kier molecular flexibility index (Phi) is 7.30. The molecule has 0 radical (unpaired) electrons. The Balaban J connectivity index is 1.21. The lowest BCUT2D eigenvalue weighted by Gasteiger charge is -2.31. The van der Waals surface area contributed by atoms with E-state index < -0.39 is 0 Å². The Morgan fingerprint density at radius 2 is 0.964 bits per heavy atom. The number of aryl methyl sites for hydroxylation is 1. The van der Waals surface area contributed by atoms with E-state index in [1.54, 1.807) is 0 Å². The van der Waals surface area contributed by atoms with Crippen molar-refractivity contribution in [3.05, 3.63) is 173 Å². The maximum atomic E-state index is 2.53. The van der Waals surface area contributed by atoms with Crippen LogP contribution in [-0.4, -0.2) is 0 Å². The summed E-state index contributed by atoms with van der Waals surface area (Å²) < 4.78 is 2.71. The van der Waals surface area contributed by atoms with Crippen LogP contribution in [0.3, 0.4) is 0 Å². The van der Waals surface area contributed by atoms with Gasteiger partial charge in [0.25, 0.3) is 0 Å². The molecule has 7 aromatic carbocycles. The molecule has 0 fully saturated rings. The number of para-hydroxylation sites is 1. The molecule has 55 heavy (non-hydrogen) atoms. The van der Waals surface area contributed by atoms with Crippen LogP contribution in [0, 0.1) is 6.92 Å². The molecular formula is C53H47NS. The zero-order valence-corrected chi connectivity index (χ0v) is 34.0. The fourth-order valence-electron chi connectivity index (χ4n) is 9.66. The van der Waals surface area contributed by atoms with Crippen LogP contribution in [0.1, 0.15) is 81.8 Å². The molecule has 1 heterocycles. The molecule has 0 bridgehead atoms. The van der Waals surface area contributed by atoms with Gasteiger partial charge in [0, 0.05) is 53.5 Å². The van der Waals surface area contributed by atoms with Crippen molar-refractivity contribution in [2.75, 3.05) is 4.90 Å². The predicted octanol–water partition coefficient (Wildman–Crippen LogP) is 15.4. The average molecular weight is 730 g/mol. The Labute approximate surface area is 329 Å². The number of nitrogens with zero attached hydrogens (tertiary/aromatic N) is 1. The number of rotatable bonds is 4. The normalized spacial score (nSPS) is 14.8. The molecule has 1 aromatic heterocycles. The lowest BCUT2D eigenvalue weighted by Crippen LogP contribution is -2.19. The first-order valence-corrected chi connectivity index (χ1v) is 20.5. The van der Waals surface area contributed by atoms with Crippen LogP contribution in [0.25, 0.3) is 53.6 Å². The first-order valence-electron chi connectivity index (χ1n) is 19.7. The summed E-state index contributed by atoms with van der Waals surface area (Å²) in [4.78, 5) is 2.53. The Morgan fingerprint density at radius 3 is 1.64 bits per heavy atom. The highest BCUT2D eigenvalue weighted by atomic mass is 32.1. The number of fused-ring (bicyclic) bond motifs is 9. The van der Waals surface area contributed by atoms with Gasteiger partial charge in [-0.15, -0.1) is 11.3 Å². The van der Waals surface area contributed by atoms with Crippen molar-refractivity contribution in [3.63, 3.8) is 0 Å². The second-order valence-corrected chi connectivity index (χ2v) is 18.9. The molecule has 2 aliphatic carbocycles. The zero-order chi connectivity index (χ0) is 38.0. The van der Waals surface area contributed by atoms with E-state index in [1.807, 2.05) is 11.3 Å². The molecule has 270 valence electrons. The minimum atomic E-state index is -0.144. The summed E-state index contributed by atoms with van der Waals surface area (Å²) in [6.45, 7) is 18.8. The smallest absolute Gasteiger partial charge is 0.0540 e. The van der Waals surface area contributed by atoms with Crippen molar-refractivity contribution in [1.82, 2.24) is 0 Å². The molecule has 0 N–H and O–H groups in total. The summed E-state index contributed by atoms with van der Waals surface area (Å²) in [6, 6.07) is 53.1. The molecule has 0 saturated heterocycles.